The molecule has 1 heterocycles. The highest BCUT2D eigenvalue weighted by Gasteiger charge is 2.19. The monoisotopic (exact) mass is 323 g/mol. The Bertz CT molecular complexity index is 844. The molecule has 0 fully saturated rings. The number of ether oxygens (including phenoxy) is 2. The lowest BCUT2D eigenvalue weighted by molar-refractivity contribution is 0.101. The third-order valence-electron chi connectivity index (χ3n) is 3.49. The zero-order valence-corrected chi connectivity index (χ0v) is 13.4. The van der Waals surface area contributed by atoms with Gasteiger partial charge in [0.15, 0.2) is 11.4 Å². The molecule has 0 saturated heterocycles. The van der Waals surface area contributed by atoms with Crippen LogP contribution in [0.1, 0.15) is 10.5 Å². The normalized spacial score (nSPS) is 10.2. The first-order valence-electron chi connectivity index (χ1n) is 7.36. The van der Waals surface area contributed by atoms with E-state index in [0.29, 0.717) is 17.2 Å². The van der Waals surface area contributed by atoms with Gasteiger partial charge < -0.3 is 14.8 Å². The predicted octanol–water partition coefficient (Wildman–Crippen LogP) is 3.14. The van der Waals surface area contributed by atoms with Gasteiger partial charge in [-0.3, -0.25) is 4.79 Å². The first-order valence-corrected chi connectivity index (χ1v) is 7.36. The smallest absolute Gasteiger partial charge is 0.280 e. The molecule has 0 unspecified atom stereocenters. The van der Waals surface area contributed by atoms with E-state index < -0.39 is 0 Å². The summed E-state index contributed by atoms with van der Waals surface area (Å²) in [6.07, 6.45) is 1.67. The van der Waals surface area contributed by atoms with Crippen LogP contribution in [-0.4, -0.2) is 29.9 Å². The summed E-state index contributed by atoms with van der Waals surface area (Å²) in [6, 6.07) is 16.7. The fourth-order valence-electron chi connectivity index (χ4n) is 2.31. The van der Waals surface area contributed by atoms with Crippen LogP contribution in [-0.2, 0) is 0 Å². The van der Waals surface area contributed by atoms with Crippen molar-refractivity contribution in [3.05, 3.63) is 66.5 Å². The summed E-state index contributed by atoms with van der Waals surface area (Å²) in [4.78, 5) is 12.6. The average Bonchev–Trinajstić information content (AvgIpc) is 3.07. The summed E-state index contributed by atoms with van der Waals surface area (Å²) in [5, 5.41) is 7.14. The Balaban J connectivity index is 1.91. The zero-order valence-electron chi connectivity index (χ0n) is 13.4. The molecule has 1 N–H and O–H groups in total. The van der Waals surface area contributed by atoms with E-state index in [1.165, 1.54) is 7.11 Å². The van der Waals surface area contributed by atoms with Gasteiger partial charge in [-0.05, 0) is 24.3 Å². The number of aromatic nitrogens is 2. The molecule has 6 nitrogen and oxygen atoms in total. The number of para-hydroxylation sites is 3. The molecule has 0 aliphatic rings. The van der Waals surface area contributed by atoms with Crippen molar-refractivity contribution in [2.75, 3.05) is 19.5 Å². The van der Waals surface area contributed by atoms with Crippen LogP contribution in [0, 0.1) is 0 Å². The number of anilines is 1. The van der Waals surface area contributed by atoms with Gasteiger partial charge in [-0.2, -0.15) is 5.10 Å². The van der Waals surface area contributed by atoms with E-state index in [4.69, 9.17) is 9.47 Å². The van der Waals surface area contributed by atoms with Gasteiger partial charge in [0.1, 0.15) is 5.75 Å². The van der Waals surface area contributed by atoms with Gasteiger partial charge in [-0.15, -0.1) is 0 Å². The summed E-state index contributed by atoms with van der Waals surface area (Å²) in [6.45, 7) is 0. The van der Waals surface area contributed by atoms with Crippen molar-refractivity contribution < 1.29 is 14.3 Å². The topological polar surface area (TPSA) is 65.4 Å². The summed E-state index contributed by atoms with van der Waals surface area (Å²) < 4.78 is 12.1. The molecular formula is C18H17N3O3. The number of carbonyl (C=O) groups is 1. The second-order valence-electron chi connectivity index (χ2n) is 4.98. The molecular weight excluding hydrogens is 306 g/mol. The lowest BCUT2D eigenvalue weighted by atomic mass is 10.2. The van der Waals surface area contributed by atoms with Gasteiger partial charge in [-0.25, -0.2) is 4.68 Å². The Morgan fingerprint density at radius 2 is 1.62 bits per heavy atom. The van der Waals surface area contributed by atoms with Gasteiger partial charge in [0.25, 0.3) is 5.91 Å². The maximum Gasteiger partial charge on any atom is 0.280 e. The molecule has 0 aliphatic carbocycles. The number of rotatable bonds is 5. The minimum Gasteiger partial charge on any atom is -0.495 e. The van der Waals surface area contributed by atoms with E-state index >= 15 is 0 Å². The SMILES string of the molecule is COc1ccccc1NC(=O)c1nn(-c2ccccc2)cc1OC. The quantitative estimate of drug-likeness (QED) is 0.783. The van der Waals surface area contributed by atoms with Gasteiger partial charge in [0.2, 0.25) is 0 Å². The van der Waals surface area contributed by atoms with E-state index in [0.717, 1.165) is 5.69 Å². The van der Waals surface area contributed by atoms with Crippen LogP contribution in [0.25, 0.3) is 5.69 Å². The molecule has 0 saturated carbocycles. The second-order valence-corrected chi connectivity index (χ2v) is 4.98. The summed E-state index contributed by atoms with van der Waals surface area (Å²) in [7, 11) is 3.06. The van der Waals surface area contributed by atoms with E-state index in [-0.39, 0.29) is 11.6 Å². The molecule has 3 aromatic rings. The molecule has 24 heavy (non-hydrogen) atoms. The van der Waals surface area contributed by atoms with Crippen molar-refractivity contribution in [1.82, 2.24) is 9.78 Å². The van der Waals surface area contributed by atoms with Crippen molar-refractivity contribution in [1.29, 1.82) is 0 Å². The molecule has 1 aromatic heterocycles. The first-order chi connectivity index (χ1) is 11.7. The minimum atomic E-state index is -0.369. The Hall–Kier alpha value is -3.28. The average molecular weight is 323 g/mol. The number of carbonyl (C=O) groups excluding carboxylic acids is 1. The van der Waals surface area contributed by atoms with Crippen molar-refractivity contribution in [3.63, 3.8) is 0 Å². The Kier molecular flexibility index (Phi) is 4.47. The second kappa shape index (κ2) is 6.87. The van der Waals surface area contributed by atoms with Crippen molar-refractivity contribution >= 4 is 11.6 Å². The van der Waals surface area contributed by atoms with Gasteiger partial charge >= 0.3 is 0 Å². The standard InChI is InChI=1S/C18H17N3O3/c1-23-15-11-7-6-10-14(15)19-18(22)17-16(24-2)12-21(20-17)13-8-4-3-5-9-13/h3-12H,1-2H3,(H,19,22). The van der Waals surface area contributed by atoms with E-state index in [1.54, 1.807) is 30.1 Å². The Labute approximate surface area is 139 Å². The molecule has 0 bridgehead atoms. The van der Waals surface area contributed by atoms with Crippen LogP contribution in [0.4, 0.5) is 5.69 Å². The van der Waals surface area contributed by atoms with Crippen molar-refractivity contribution in [3.8, 4) is 17.2 Å². The number of hydrogen-bond donors (Lipinski definition) is 1. The van der Waals surface area contributed by atoms with Crippen LogP contribution < -0.4 is 14.8 Å². The fraction of sp³-hybridized carbons (Fsp3) is 0.111. The third-order valence-corrected chi connectivity index (χ3v) is 3.49. The molecule has 3 rings (SSSR count). The molecule has 0 spiro atoms. The number of nitrogens with one attached hydrogen (secondary N) is 1. The van der Waals surface area contributed by atoms with Crippen molar-refractivity contribution in [2.45, 2.75) is 0 Å². The molecule has 0 atom stereocenters. The minimum absolute atomic E-state index is 0.201. The van der Waals surface area contributed by atoms with Gasteiger partial charge in [-0.1, -0.05) is 30.3 Å². The number of nitrogens with zero attached hydrogens (tertiary/aromatic N) is 2. The number of methoxy groups -OCH3 is 2. The number of amides is 1. The molecule has 2 aromatic carbocycles. The Morgan fingerprint density at radius 3 is 2.33 bits per heavy atom. The van der Waals surface area contributed by atoms with Gasteiger partial charge in [0.05, 0.1) is 31.8 Å². The molecule has 6 heteroatoms. The highest BCUT2D eigenvalue weighted by Crippen LogP contribution is 2.25. The Morgan fingerprint density at radius 1 is 0.958 bits per heavy atom. The number of hydrogen-bond acceptors (Lipinski definition) is 4. The lowest BCUT2D eigenvalue weighted by Gasteiger charge is -2.09. The largest absolute Gasteiger partial charge is 0.495 e. The summed E-state index contributed by atoms with van der Waals surface area (Å²) in [5.41, 5.74) is 1.61. The van der Waals surface area contributed by atoms with Crippen LogP contribution in [0.5, 0.6) is 11.5 Å². The lowest BCUT2D eigenvalue weighted by Crippen LogP contribution is -2.14. The van der Waals surface area contributed by atoms with Crippen LogP contribution in [0.15, 0.2) is 60.8 Å². The highest BCUT2D eigenvalue weighted by atomic mass is 16.5. The highest BCUT2D eigenvalue weighted by molar-refractivity contribution is 6.05. The molecule has 1 amide bonds. The number of benzene rings is 2. The maximum absolute atomic E-state index is 12.6. The van der Waals surface area contributed by atoms with E-state index in [9.17, 15) is 4.79 Å². The van der Waals surface area contributed by atoms with Crippen LogP contribution in [0.2, 0.25) is 0 Å². The van der Waals surface area contributed by atoms with Crippen LogP contribution in [0.3, 0.4) is 0 Å². The molecule has 0 aliphatic heterocycles. The summed E-state index contributed by atoms with van der Waals surface area (Å²) >= 11 is 0. The van der Waals surface area contributed by atoms with Crippen LogP contribution >= 0.6 is 0 Å². The zero-order chi connectivity index (χ0) is 16.9. The van der Waals surface area contributed by atoms with E-state index in [1.807, 2.05) is 42.5 Å². The first kappa shape index (κ1) is 15.6. The van der Waals surface area contributed by atoms with Gasteiger partial charge in [0, 0.05) is 0 Å². The summed E-state index contributed by atoms with van der Waals surface area (Å²) in [5.74, 6) is 0.601. The maximum atomic E-state index is 12.6. The molecule has 122 valence electrons. The predicted molar refractivity (Wildman–Crippen MR) is 91.1 cm³/mol. The third kappa shape index (κ3) is 3.08. The fourth-order valence-corrected chi connectivity index (χ4v) is 2.31. The van der Waals surface area contributed by atoms with E-state index in [2.05, 4.69) is 10.4 Å². The van der Waals surface area contributed by atoms with Crippen molar-refractivity contribution in [2.24, 2.45) is 0 Å². The molecule has 0 radical (unpaired) electrons.